The van der Waals surface area contributed by atoms with Crippen LogP contribution in [0.1, 0.15) is 33.1 Å². The van der Waals surface area contributed by atoms with Gasteiger partial charge in [0.1, 0.15) is 0 Å². The molecule has 1 aliphatic rings. The fraction of sp³-hybridized carbons (Fsp3) is 0.750. The van der Waals surface area contributed by atoms with Gasteiger partial charge in [0.15, 0.2) is 0 Å². The monoisotopic (exact) mass is 251 g/mol. The number of ether oxygens (including phenoxy) is 1. The van der Waals surface area contributed by atoms with Gasteiger partial charge < -0.3 is 15.0 Å². The molecular weight excluding hydrogens is 230 g/mol. The highest BCUT2D eigenvalue weighted by Gasteiger charge is 2.17. The minimum Gasteiger partial charge on any atom is -0.464 e. The largest absolute Gasteiger partial charge is 0.464 e. The van der Waals surface area contributed by atoms with Gasteiger partial charge in [-0.25, -0.2) is 0 Å². The third-order valence-corrected chi connectivity index (χ3v) is 2.80. The Morgan fingerprint density at radius 1 is 1.17 bits per heavy atom. The molecule has 100 valence electrons. The first-order valence-electron chi connectivity index (χ1n) is 6.71. The molecule has 1 fully saturated rings. The van der Waals surface area contributed by atoms with Gasteiger partial charge in [0.2, 0.25) is 11.9 Å². The van der Waals surface area contributed by atoms with Gasteiger partial charge in [-0.05, 0) is 26.2 Å². The summed E-state index contributed by atoms with van der Waals surface area (Å²) in [6.07, 6.45) is 3.44. The Labute approximate surface area is 108 Å². The van der Waals surface area contributed by atoms with Crippen molar-refractivity contribution >= 4 is 11.9 Å². The van der Waals surface area contributed by atoms with E-state index in [2.05, 4.69) is 32.1 Å². The highest BCUT2D eigenvalue weighted by atomic mass is 16.5. The average Bonchev–Trinajstić information content (AvgIpc) is 2.90. The standard InChI is InChI=1S/C12H21N5O/c1-3-7-13-10-14-11(17-8-5-6-9-17)16-12(15-10)18-4-2/h3-9H2,1-2H3,(H,13,14,15,16). The van der Waals surface area contributed by atoms with Crippen molar-refractivity contribution in [2.45, 2.75) is 33.1 Å². The number of rotatable bonds is 6. The van der Waals surface area contributed by atoms with Crippen LogP contribution in [0.25, 0.3) is 0 Å². The first-order valence-corrected chi connectivity index (χ1v) is 6.71. The van der Waals surface area contributed by atoms with Gasteiger partial charge in [0, 0.05) is 19.6 Å². The van der Waals surface area contributed by atoms with Crippen LogP contribution in [0, 0.1) is 0 Å². The number of aromatic nitrogens is 3. The SMILES string of the molecule is CCCNc1nc(OCC)nc(N2CCCC2)n1. The quantitative estimate of drug-likeness (QED) is 0.830. The molecule has 0 bridgehead atoms. The Hall–Kier alpha value is -1.59. The van der Waals surface area contributed by atoms with Crippen LogP contribution < -0.4 is 15.0 Å². The van der Waals surface area contributed by atoms with E-state index in [0.29, 0.717) is 18.6 Å². The molecule has 1 N–H and O–H groups in total. The lowest BCUT2D eigenvalue weighted by molar-refractivity contribution is 0.312. The molecule has 1 aliphatic heterocycles. The molecule has 2 rings (SSSR count). The number of nitrogens with one attached hydrogen (secondary N) is 1. The Kier molecular flexibility index (Phi) is 4.55. The summed E-state index contributed by atoms with van der Waals surface area (Å²) in [5.74, 6) is 1.33. The lowest BCUT2D eigenvalue weighted by Crippen LogP contribution is -2.22. The van der Waals surface area contributed by atoms with Crippen LogP contribution in [0.5, 0.6) is 6.01 Å². The number of hydrogen-bond donors (Lipinski definition) is 1. The van der Waals surface area contributed by atoms with Crippen LogP contribution >= 0.6 is 0 Å². The predicted octanol–water partition coefficient (Wildman–Crippen LogP) is 1.69. The molecule has 18 heavy (non-hydrogen) atoms. The van der Waals surface area contributed by atoms with Crippen LogP contribution in [-0.2, 0) is 0 Å². The van der Waals surface area contributed by atoms with Crippen LogP contribution in [0.15, 0.2) is 0 Å². The molecule has 2 heterocycles. The van der Waals surface area contributed by atoms with Gasteiger partial charge in [0.05, 0.1) is 6.61 Å². The molecule has 0 aromatic carbocycles. The lowest BCUT2D eigenvalue weighted by atomic mass is 10.4. The molecule has 1 aromatic heterocycles. The first-order chi connectivity index (χ1) is 8.83. The number of anilines is 2. The first kappa shape index (κ1) is 12.9. The van der Waals surface area contributed by atoms with Gasteiger partial charge in [-0.1, -0.05) is 6.92 Å². The van der Waals surface area contributed by atoms with E-state index < -0.39 is 0 Å². The second kappa shape index (κ2) is 6.37. The maximum Gasteiger partial charge on any atom is 0.323 e. The lowest BCUT2D eigenvalue weighted by Gasteiger charge is -2.16. The van der Waals surface area contributed by atoms with Gasteiger partial charge in [-0.15, -0.1) is 0 Å². The highest BCUT2D eigenvalue weighted by Crippen LogP contribution is 2.19. The van der Waals surface area contributed by atoms with Crippen molar-refractivity contribution in [1.29, 1.82) is 0 Å². The topological polar surface area (TPSA) is 63.2 Å². The summed E-state index contributed by atoms with van der Waals surface area (Å²) in [5.41, 5.74) is 0. The van der Waals surface area contributed by atoms with E-state index in [9.17, 15) is 0 Å². The van der Waals surface area contributed by atoms with Crippen molar-refractivity contribution < 1.29 is 4.74 Å². The predicted molar refractivity (Wildman–Crippen MR) is 71.2 cm³/mol. The molecule has 0 radical (unpaired) electrons. The van der Waals surface area contributed by atoms with E-state index in [-0.39, 0.29) is 0 Å². The molecule has 0 aliphatic carbocycles. The molecule has 0 spiro atoms. The van der Waals surface area contributed by atoms with Crippen molar-refractivity contribution in [3.8, 4) is 6.01 Å². The summed E-state index contributed by atoms with van der Waals surface area (Å²) in [6, 6.07) is 0.410. The molecule has 6 nitrogen and oxygen atoms in total. The minimum atomic E-state index is 0.410. The zero-order valence-corrected chi connectivity index (χ0v) is 11.1. The molecule has 0 atom stereocenters. The Morgan fingerprint density at radius 3 is 2.61 bits per heavy atom. The van der Waals surface area contributed by atoms with Crippen LogP contribution in [0.2, 0.25) is 0 Å². The molecule has 6 heteroatoms. The van der Waals surface area contributed by atoms with Crippen LogP contribution in [0.3, 0.4) is 0 Å². The maximum atomic E-state index is 5.40. The summed E-state index contributed by atoms with van der Waals surface area (Å²) in [6.45, 7) is 7.49. The van der Waals surface area contributed by atoms with Crippen molar-refractivity contribution in [1.82, 2.24) is 15.0 Å². The molecular formula is C12H21N5O. The van der Waals surface area contributed by atoms with E-state index >= 15 is 0 Å². The second-order valence-corrected chi connectivity index (χ2v) is 4.30. The third kappa shape index (κ3) is 3.21. The van der Waals surface area contributed by atoms with Gasteiger partial charge >= 0.3 is 6.01 Å². The summed E-state index contributed by atoms with van der Waals surface area (Å²) < 4.78 is 5.40. The zero-order valence-electron chi connectivity index (χ0n) is 11.1. The van der Waals surface area contributed by atoms with E-state index in [4.69, 9.17) is 4.74 Å². The van der Waals surface area contributed by atoms with Crippen molar-refractivity contribution in [2.24, 2.45) is 0 Å². The smallest absolute Gasteiger partial charge is 0.323 e. The fourth-order valence-corrected chi connectivity index (χ4v) is 1.91. The zero-order chi connectivity index (χ0) is 12.8. The van der Waals surface area contributed by atoms with E-state index in [1.807, 2.05) is 6.92 Å². The van der Waals surface area contributed by atoms with Crippen LogP contribution in [-0.4, -0.2) is 41.2 Å². The van der Waals surface area contributed by atoms with Gasteiger partial charge in [-0.3, -0.25) is 0 Å². The molecule has 1 saturated heterocycles. The normalized spacial score (nSPS) is 14.9. The Morgan fingerprint density at radius 2 is 1.94 bits per heavy atom. The van der Waals surface area contributed by atoms with Crippen LogP contribution in [0.4, 0.5) is 11.9 Å². The fourth-order valence-electron chi connectivity index (χ4n) is 1.91. The Balaban J connectivity index is 2.17. The highest BCUT2D eigenvalue weighted by molar-refractivity contribution is 5.39. The number of hydrogen-bond acceptors (Lipinski definition) is 6. The van der Waals surface area contributed by atoms with Crippen molar-refractivity contribution in [2.75, 3.05) is 36.5 Å². The number of nitrogens with zero attached hydrogens (tertiary/aromatic N) is 4. The molecule has 0 amide bonds. The molecule has 0 saturated carbocycles. The van der Waals surface area contributed by atoms with Gasteiger partial charge in [-0.2, -0.15) is 15.0 Å². The van der Waals surface area contributed by atoms with Gasteiger partial charge in [0.25, 0.3) is 0 Å². The summed E-state index contributed by atoms with van der Waals surface area (Å²) in [7, 11) is 0. The second-order valence-electron chi connectivity index (χ2n) is 4.30. The summed E-state index contributed by atoms with van der Waals surface area (Å²) >= 11 is 0. The van der Waals surface area contributed by atoms with Crippen molar-refractivity contribution in [3.63, 3.8) is 0 Å². The average molecular weight is 251 g/mol. The third-order valence-electron chi connectivity index (χ3n) is 2.80. The Bertz CT molecular complexity index is 379. The summed E-state index contributed by atoms with van der Waals surface area (Å²) in [4.78, 5) is 15.2. The van der Waals surface area contributed by atoms with E-state index in [1.54, 1.807) is 0 Å². The maximum absolute atomic E-state index is 5.40. The minimum absolute atomic E-state index is 0.410. The molecule has 1 aromatic rings. The van der Waals surface area contributed by atoms with E-state index in [1.165, 1.54) is 12.8 Å². The summed E-state index contributed by atoms with van der Waals surface area (Å²) in [5, 5.41) is 3.19. The molecule has 0 unspecified atom stereocenters. The van der Waals surface area contributed by atoms with E-state index in [0.717, 1.165) is 32.0 Å². The van der Waals surface area contributed by atoms with Crippen molar-refractivity contribution in [3.05, 3.63) is 0 Å².